The molecule has 1 rings (SSSR count). The number of aliphatic hydroxyl groups excluding tert-OH is 1. The number of nitrogens with one attached hydrogen (secondary N) is 1. The van der Waals surface area contributed by atoms with E-state index in [1.165, 1.54) is 11.8 Å². The highest BCUT2D eigenvalue weighted by atomic mass is 79.9. The van der Waals surface area contributed by atoms with Gasteiger partial charge >= 0.3 is 5.97 Å². The van der Waals surface area contributed by atoms with Crippen LogP contribution in [0.5, 0.6) is 0 Å². The molecule has 0 aromatic rings. The van der Waals surface area contributed by atoms with Crippen molar-refractivity contribution in [1.82, 2.24) is 10.2 Å². The smallest absolute Gasteiger partial charge is 0.326 e. The fraction of sp³-hybridized carbons (Fsp3) is 0.583. The molecule has 1 fully saturated rings. The van der Waals surface area contributed by atoms with Crippen LogP contribution in [0.4, 0.5) is 0 Å². The lowest BCUT2D eigenvalue weighted by Gasteiger charge is -2.24. The maximum Gasteiger partial charge on any atom is 0.326 e. The van der Waals surface area contributed by atoms with Crippen LogP contribution < -0.4 is 5.32 Å². The zero-order valence-electron chi connectivity index (χ0n) is 11.0. The molecule has 0 saturated carbocycles. The SMILES string of the molecule is C=C(Br)C[C@@H](NC(=O)[C@@H]1C[C@@H](O)CN1C(C)=O)C(=O)O. The lowest BCUT2D eigenvalue weighted by molar-refractivity contribution is -0.143. The van der Waals surface area contributed by atoms with Crippen LogP contribution >= 0.6 is 15.9 Å². The summed E-state index contributed by atoms with van der Waals surface area (Å²) < 4.78 is 0.445. The van der Waals surface area contributed by atoms with E-state index in [4.69, 9.17) is 5.11 Å². The molecule has 20 heavy (non-hydrogen) atoms. The Kier molecular flexibility index (Phi) is 5.70. The number of carboxylic acids is 1. The van der Waals surface area contributed by atoms with Crippen LogP contribution in [0.1, 0.15) is 19.8 Å². The number of carbonyl (C=O) groups excluding carboxylic acids is 2. The number of likely N-dealkylation sites (tertiary alicyclic amines) is 1. The predicted octanol–water partition coefficient (Wildman–Crippen LogP) is -0.164. The number of β-amino-alcohol motifs (C(OH)–C–C–N with tert-alkyl or cyclic N) is 1. The fourth-order valence-corrected chi connectivity index (χ4v) is 2.42. The molecule has 0 spiro atoms. The molecule has 0 bridgehead atoms. The van der Waals surface area contributed by atoms with Crippen LogP contribution in [0.25, 0.3) is 0 Å². The minimum Gasteiger partial charge on any atom is -0.480 e. The van der Waals surface area contributed by atoms with Crippen molar-refractivity contribution in [2.75, 3.05) is 6.54 Å². The average Bonchev–Trinajstić information content (AvgIpc) is 2.69. The Bertz CT molecular complexity index is 440. The number of hydrogen-bond acceptors (Lipinski definition) is 4. The van der Waals surface area contributed by atoms with Crippen LogP contribution in [0.2, 0.25) is 0 Å². The molecule has 1 heterocycles. The molecule has 3 N–H and O–H groups in total. The second kappa shape index (κ2) is 6.85. The third-order valence-electron chi connectivity index (χ3n) is 3.03. The van der Waals surface area contributed by atoms with E-state index in [0.717, 1.165) is 0 Å². The third kappa shape index (κ3) is 4.31. The summed E-state index contributed by atoms with van der Waals surface area (Å²) in [6.07, 6.45) is -0.632. The Morgan fingerprint density at radius 1 is 1.50 bits per heavy atom. The first-order chi connectivity index (χ1) is 9.22. The van der Waals surface area contributed by atoms with E-state index < -0.39 is 30.1 Å². The summed E-state index contributed by atoms with van der Waals surface area (Å²) in [6.45, 7) is 4.91. The van der Waals surface area contributed by atoms with Gasteiger partial charge in [-0.25, -0.2) is 4.79 Å². The Morgan fingerprint density at radius 3 is 2.55 bits per heavy atom. The van der Waals surface area contributed by atoms with Crippen LogP contribution in [-0.4, -0.2) is 57.6 Å². The van der Waals surface area contributed by atoms with Crippen LogP contribution in [0, 0.1) is 0 Å². The Morgan fingerprint density at radius 2 is 2.10 bits per heavy atom. The molecular weight excluding hydrogens is 332 g/mol. The number of amides is 2. The quantitative estimate of drug-likeness (QED) is 0.639. The summed E-state index contributed by atoms with van der Waals surface area (Å²) in [6, 6.07) is -1.96. The van der Waals surface area contributed by atoms with Crippen molar-refractivity contribution in [3.63, 3.8) is 0 Å². The average molecular weight is 349 g/mol. The summed E-state index contributed by atoms with van der Waals surface area (Å²) in [5.74, 6) is -2.11. The lowest BCUT2D eigenvalue weighted by atomic mass is 10.1. The van der Waals surface area contributed by atoms with Gasteiger partial charge in [-0.2, -0.15) is 0 Å². The van der Waals surface area contributed by atoms with Crippen LogP contribution in [-0.2, 0) is 14.4 Å². The molecule has 0 unspecified atom stereocenters. The van der Waals surface area contributed by atoms with Crippen LogP contribution in [0.15, 0.2) is 11.1 Å². The molecular formula is C12H17BrN2O5. The van der Waals surface area contributed by atoms with E-state index in [-0.39, 0.29) is 25.3 Å². The first kappa shape index (κ1) is 16.6. The fourth-order valence-electron chi connectivity index (χ4n) is 2.10. The van der Waals surface area contributed by atoms with Gasteiger partial charge in [0.1, 0.15) is 12.1 Å². The standard InChI is InChI=1S/C12H17BrN2O5/c1-6(13)3-9(12(19)20)14-11(18)10-4-8(17)5-15(10)7(2)16/h8-10,17H,1,3-5H2,2H3,(H,14,18)(H,19,20)/t8-,9-,10+/m1/s1. The molecule has 1 aliphatic heterocycles. The van der Waals surface area contributed by atoms with Crippen molar-refractivity contribution in [2.45, 2.75) is 38.0 Å². The van der Waals surface area contributed by atoms with Gasteiger partial charge in [-0.05, 0) is 4.48 Å². The first-order valence-electron chi connectivity index (χ1n) is 6.04. The van der Waals surface area contributed by atoms with Crippen LogP contribution in [0.3, 0.4) is 0 Å². The van der Waals surface area contributed by atoms with E-state index in [1.807, 2.05) is 0 Å². The molecule has 0 radical (unpaired) electrons. The minimum absolute atomic E-state index is 0.0381. The highest BCUT2D eigenvalue weighted by molar-refractivity contribution is 9.11. The van der Waals surface area contributed by atoms with E-state index in [0.29, 0.717) is 4.48 Å². The van der Waals surface area contributed by atoms with Crippen molar-refractivity contribution < 1.29 is 24.6 Å². The topological polar surface area (TPSA) is 107 Å². The zero-order chi connectivity index (χ0) is 15.4. The number of nitrogens with zero attached hydrogens (tertiary/aromatic N) is 1. The van der Waals surface area contributed by atoms with E-state index in [9.17, 15) is 19.5 Å². The third-order valence-corrected chi connectivity index (χ3v) is 3.35. The monoisotopic (exact) mass is 348 g/mol. The zero-order valence-corrected chi connectivity index (χ0v) is 12.6. The molecule has 3 atom stereocenters. The first-order valence-corrected chi connectivity index (χ1v) is 6.83. The van der Waals surface area contributed by atoms with Crippen molar-refractivity contribution in [1.29, 1.82) is 0 Å². The molecule has 1 saturated heterocycles. The molecule has 0 aliphatic carbocycles. The summed E-state index contributed by atoms with van der Waals surface area (Å²) in [4.78, 5) is 35.8. The maximum atomic E-state index is 12.1. The highest BCUT2D eigenvalue weighted by Gasteiger charge is 2.38. The number of rotatable bonds is 5. The van der Waals surface area contributed by atoms with E-state index in [1.54, 1.807) is 0 Å². The van der Waals surface area contributed by atoms with Crippen molar-refractivity contribution in [2.24, 2.45) is 0 Å². The summed E-state index contributed by atoms with van der Waals surface area (Å²) in [5, 5.41) is 20.9. The largest absolute Gasteiger partial charge is 0.480 e. The van der Waals surface area contributed by atoms with Gasteiger partial charge in [0.05, 0.1) is 6.10 Å². The van der Waals surface area contributed by atoms with E-state index >= 15 is 0 Å². The van der Waals surface area contributed by atoms with Gasteiger partial charge in [-0.3, -0.25) is 9.59 Å². The number of hydrogen-bond donors (Lipinski definition) is 3. The van der Waals surface area contributed by atoms with Gasteiger partial charge in [0.15, 0.2) is 0 Å². The van der Waals surface area contributed by atoms with Gasteiger partial charge in [0.25, 0.3) is 0 Å². The van der Waals surface area contributed by atoms with Crippen molar-refractivity contribution in [3.05, 3.63) is 11.1 Å². The number of aliphatic hydroxyl groups is 1. The number of aliphatic carboxylic acids is 1. The molecule has 7 nitrogen and oxygen atoms in total. The number of halogens is 1. The molecule has 2 amide bonds. The highest BCUT2D eigenvalue weighted by Crippen LogP contribution is 2.19. The van der Waals surface area contributed by atoms with Gasteiger partial charge in [-0.15, -0.1) is 0 Å². The predicted molar refractivity (Wildman–Crippen MR) is 74.0 cm³/mol. The lowest BCUT2D eigenvalue weighted by Crippen LogP contribution is -2.50. The minimum atomic E-state index is -1.19. The summed E-state index contributed by atoms with van der Waals surface area (Å²) >= 11 is 3.05. The second-order valence-electron chi connectivity index (χ2n) is 4.70. The number of carboxylic acid groups (broad SMARTS) is 1. The van der Waals surface area contributed by atoms with Gasteiger partial charge in [0, 0.05) is 26.3 Å². The molecule has 1 aliphatic rings. The molecule has 0 aromatic heterocycles. The van der Waals surface area contributed by atoms with E-state index in [2.05, 4.69) is 27.8 Å². The molecule has 0 aromatic carbocycles. The Balaban J connectivity index is 2.75. The second-order valence-corrected chi connectivity index (χ2v) is 5.82. The normalized spacial score (nSPS) is 23.2. The Hall–Kier alpha value is -1.41. The van der Waals surface area contributed by atoms with Gasteiger partial charge < -0.3 is 20.4 Å². The maximum absolute atomic E-state index is 12.1. The summed E-state index contributed by atoms with van der Waals surface area (Å²) in [5.41, 5.74) is 0. The summed E-state index contributed by atoms with van der Waals surface area (Å²) in [7, 11) is 0. The van der Waals surface area contributed by atoms with Crippen molar-refractivity contribution in [3.8, 4) is 0 Å². The number of carbonyl (C=O) groups is 3. The van der Waals surface area contributed by atoms with Crippen molar-refractivity contribution >= 4 is 33.7 Å². The molecule has 8 heteroatoms. The van der Waals surface area contributed by atoms with Gasteiger partial charge in [0.2, 0.25) is 11.8 Å². The van der Waals surface area contributed by atoms with Gasteiger partial charge in [-0.1, -0.05) is 22.5 Å². The molecule has 112 valence electrons. The Labute approximate surface area is 124 Å².